The number of aromatic hydroxyl groups is 1. The van der Waals surface area contributed by atoms with Crippen LogP contribution in [0.1, 0.15) is 65.2 Å². The van der Waals surface area contributed by atoms with Gasteiger partial charge < -0.3 is 9.94 Å². The van der Waals surface area contributed by atoms with Crippen molar-refractivity contribution in [2.45, 2.75) is 59.3 Å². The number of phenolic OH excluding ortho intramolecular Hbond substituents is 1. The molecule has 8 heteroatoms. The largest absolute Gasteiger partial charge is 0.507 e. The average Bonchev–Trinajstić information content (AvgIpc) is 2.67. The highest BCUT2D eigenvalue weighted by molar-refractivity contribution is 6.42. The van der Waals surface area contributed by atoms with Crippen LogP contribution in [0.5, 0.6) is 5.75 Å². The number of carbonyl (C=O) groups is 1. The van der Waals surface area contributed by atoms with E-state index in [0.29, 0.717) is 21.4 Å². The maximum Gasteiger partial charge on any atom is 0.304 e. The average molecular weight is 478 g/mol. The standard InChI is InChI=1S/C24H29Cl2N3O3/c1-14(15-8-9-19(25)20(26)10-15)29-32-13-21(30)28-27-16-11-17(23(2,3)4)22(31)18(12-16)24(5,6)7/h8-12,31H,13H2,1-7H3/b28-27?,29-14+. The molecular weight excluding hydrogens is 449 g/mol. The molecule has 0 aliphatic carbocycles. The van der Waals surface area contributed by atoms with Gasteiger partial charge in [-0.1, -0.05) is 76.0 Å². The summed E-state index contributed by atoms with van der Waals surface area (Å²) in [6.45, 7) is 13.4. The van der Waals surface area contributed by atoms with Crippen molar-refractivity contribution < 1.29 is 14.7 Å². The van der Waals surface area contributed by atoms with Crippen molar-refractivity contribution in [1.82, 2.24) is 0 Å². The van der Waals surface area contributed by atoms with Crippen LogP contribution < -0.4 is 0 Å². The molecule has 0 aromatic heterocycles. The van der Waals surface area contributed by atoms with Crippen LogP contribution in [0.15, 0.2) is 45.7 Å². The monoisotopic (exact) mass is 477 g/mol. The highest BCUT2D eigenvalue weighted by Gasteiger charge is 2.26. The number of benzene rings is 2. The predicted octanol–water partition coefficient (Wildman–Crippen LogP) is 7.35. The van der Waals surface area contributed by atoms with Crippen molar-refractivity contribution in [3.8, 4) is 5.75 Å². The highest BCUT2D eigenvalue weighted by Crippen LogP contribution is 2.41. The van der Waals surface area contributed by atoms with Gasteiger partial charge >= 0.3 is 5.91 Å². The molecule has 0 bridgehead atoms. The van der Waals surface area contributed by atoms with Crippen LogP contribution in [-0.2, 0) is 20.5 Å². The number of amides is 1. The molecule has 6 nitrogen and oxygen atoms in total. The molecule has 0 spiro atoms. The summed E-state index contributed by atoms with van der Waals surface area (Å²) in [5.41, 5.74) is 2.62. The maximum atomic E-state index is 12.1. The molecule has 0 radical (unpaired) electrons. The zero-order chi connectivity index (χ0) is 24.3. The van der Waals surface area contributed by atoms with E-state index in [1.807, 2.05) is 41.5 Å². The minimum atomic E-state index is -0.585. The molecule has 1 N–H and O–H groups in total. The second-order valence-electron chi connectivity index (χ2n) is 9.56. The fourth-order valence-electron chi connectivity index (χ4n) is 2.92. The van der Waals surface area contributed by atoms with Crippen molar-refractivity contribution >= 4 is 40.5 Å². The van der Waals surface area contributed by atoms with Gasteiger partial charge in [-0.05, 0) is 42.0 Å². The minimum Gasteiger partial charge on any atom is -0.507 e. The fraction of sp³-hybridized carbons (Fsp3) is 0.417. The first-order valence-electron chi connectivity index (χ1n) is 10.1. The van der Waals surface area contributed by atoms with Gasteiger partial charge in [-0.2, -0.15) is 0 Å². The van der Waals surface area contributed by atoms with Gasteiger partial charge in [0.25, 0.3) is 0 Å². The van der Waals surface area contributed by atoms with E-state index in [1.165, 1.54) is 0 Å². The summed E-state index contributed by atoms with van der Waals surface area (Å²) >= 11 is 11.9. The van der Waals surface area contributed by atoms with E-state index in [4.69, 9.17) is 28.0 Å². The summed E-state index contributed by atoms with van der Waals surface area (Å²) in [7, 11) is 0. The number of nitrogens with zero attached hydrogens (tertiary/aromatic N) is 3. The van der Waals surface area contributed by atoms with Crippen molar-refractivity contribution in [2.24, 2.45) is 15.4 Å². The first-order valence-corrected chi connectivity index (χ1v) is 10.9. The minimum absolute atomic E-state index is 0.241. The maximum absolute atomic E-state index is 12.1. The number of oxime groups is 1. The van der Waals surface area contributed by atoms with E-state index in [1.54, 1.807) is 37.3 Å². The van der Waals surface area contributed by atoms with Crippen LogP contribution in [0.4, 0.5) is 5.69 Å². The lowest BCUT2D eigenvalue weighted by Gasteiger charge is -2.27. The lowest BCUT2D eigenvalue weighted by atomic mass is 9.79. The molecule has 32 heavy (non-hydrogen) atoms. The molecule has 0 aliphatic rings. The quantitative estimate of drug-likeness (QED) is 0.277. The van der Waals surface area contributed by atoms with E-state index in [-0.39, 0.29) is 23.2 Å². The Morgan fingerprint density at radius 1 is 0.969 bits per heavy atom. The zero-order valence-electron chi connectivity index (χ0n) is 19.5. The first kappa shape index (κ1) is 25.8. The molecule has 0 saturated heterocycles. The Balaban J connectivity index is 2.15. The second kappa shape index (κ2) is 10.0. The summed E-state index contributed by atoms with van der Waals surface area (Å²) in [5.74, 6) is -0.343. The van der Waals surface area contributed by atoms with E-state index in [0.717, 1.165) is 16.7 Å². The summed E-state index contributed by atoms with van der Waals surface area (Å²) in [6.07, 6.45) is 0. The molecular formula is C24H29Cl2N3O3. The number of hydrogen-bond donors (Lipinski definition) is 1. The molecule has 0 aliphatic heterocycles. The van der Waals surface area contributed by atoms with Gasteiger partial charge in [0, 0.05) is 16.7 Å². The van der Waals surface area contributed by atoms with Gasteiger partial charge in [-0.3, -0.25) is 4.79 Å². The third-order valence-electron chi connectivity index (χ3n) is 4.71. The molecule has 0 atom stereocenters. The van der Waals surface area contributed by atoms with Gasteiger partial charge in [0.05, 0.1) is 21.4 Å². The Kier molecular flexibility index (Phi) is 8.07. The number of hydrogen-bond acceptors (Lipinski definition) is 5. The van der Waals surface area contributed by atoms with Crippen LogP contribution in [0.3, 0.4) is 0 Å². The SMILES string of the molecule is C/C(=N\OCC(=O)N=Nc1cc(C(C)(C)C)c(O)c(C(C)(C)C)c1)c1ccc(Cl)c(Cl)c1. The second-order valence-corrected chi connectivity index (χ2v) is 10.4. The van der Waals surface area contributed by atoms with Crippen LogP contribution in [0.2, 0.25) is 10.0 Å². The Bertz CT molecular complexity index is 1030. The van der Waals surface area contributed by atoms with Gasteiger partial charge in [-0.15, -0.1) is 10.2 Å². The van der Waals surface area contributed by atoms with Crippen LogP contribution in [-0.4, -0.2) is 23.3 Å². The van der Waals surface area contributed by atoms with Gasteiger partial charge in [0.15, 0.2) is 6.61 Å². The lowest BCUT2D eigenvalue weighted by molar-refractivity contribution is -0.122. The Labute approximate surface area is 199 Å². The van der Waals surface area contributed by atoms with E-state index < -0.39 is 5.91 Å². The molecule has 0 saturated carbocycles. The zero-order valence-corrected chi connectivity index (χ0v) is 21.0. The molecule has 0 heterocycles. The lowest BCUT2D eigenvalue weighted by Crippen LogP contribution is -2.16. The van der Waals surface area contributed by atoms with Gasteiger partial charge in [-0.25, -0.2) is 0 Å². The first-order chi connectivity index (χ1) is 14.7. The fourth-order valence-corrected chi connectivity index (χ4v) is 3.22. The molecule has 2 aromatic carbocycles. The van der Waals surface area contributed by atoms with Gasteiger partial charge in [0.1, 0.15) is 5.75 Å². The summed E-state index contributed by atoms with van der Waals surface area (Å²) in [6, 6.07) is 8.57. The number of halogens is 2. The molecule has 2 rings (SSSR count). The topological polar surface area (TPSA) is 83.6 Å². The third-order valence-corrected chi connectivity index (χ3v) is 5.45. The van der Waals surface area contributed by atoms with Crippen molar-refractivity contribution in [1.29, 1.82) is 0 Å². The molecule has 0 unspecified atom stereocenters. The molecule has 1 amide bonds. The van der Waals surface area contributed by atoms with E-state index in [9.17, 15) is 9.90 Å². The highest BCUT2D eigenvalue weighted by atomic mass is 35.5. The van der Waals surface area contributed by atoms with Crippen LogP contribution in [0.25, 0.3) is 0 Å². The summed E-state index contributed by atoms with van der Waals surface area (Å²) < 4.78 is 0. The Hall–Kier alpha value is -2.44. The molecule has 0 fully saturated rings. The van der Waals surface area contributed by atoms with Crippen LogP contribution in [0, 0.1) is 0 Å². The van der Waals surface area contributed by atoms with Crippen molar-refractivity contribution in [3.63, 3.8) is 0 Å². The van der Waals surface area contributed by atoms with Crippen molar-refractivity contribution in [3.05, 3.63) is 57.1 Å². The van der Waals surface area contributed by atoms with E-state index >= 15 is 0 Å². The molecule has 172 valence electrons. The summed E-state index contributed by atoms with van der Waals surface area (Å²) in [4.78, 5) is 17.2. The van der Waals surface area contributed by atoms with Crippen LogP contribution >= 0.6 is 23.2 Å². The number of carbonyl (C=O) groups excluding carboxylic acids is 1. The Morgan fingerprint density at radius 2 is 1.53 bits per heavy atom. The third kappa shape index (κ3) is 6.78. The normalized spacial score (nSPS) is 13.0. The predicted molar refractivity (Wildman–Crippen MR) is 130 cm³/mol. The number of rotatable bonds is 5. The van der Waals surface area contributed by atoms with Crippen molar-refractivity contribution in [2.75, 3.05) is 6.61 Å². The Morgan fingerprint density at radius 3 is 2.03 bits per heavy atom. The van der Waals surface area contributed by atoms with Gasteiger partial charge in [0.2, 0.25) is 0 Å². The molecule has 2 aromatic rings. The smallest absolute Gasteiger partial charge is 0.304 e. The number of phenols is 1. The summed E-state index contributed by atoms with van der Waals surface area (Å²) in [5, 5.41) is 23.4. The van der Waals surface area contributed by atoms with E-state index in [2.05, 4.69) is 15.4 Å². The number of azo groups is 1.